The minimum Gasteiger partial charge on any atom is -0.494 e. The van der Waals surface area contributed by atoms with E-state index in [0.717, 1.165) is 33.9 Å². The average molecular weight is 491 g/mol. The van der Waals surface area contributed by atoms with Crippen molar-refractivity contribution in [2.24, 2.45) is 4.99 Å². The van der Waals surface area contributed by atoms with Crippen molar-refractivity contribution < 1.29 is 9.49 Å². The largest absolute Gasteiger partial charge is 0.494 e. The first-order chi connectivity index (χ1) is 17.4. The van der Waals surface area contributed by atoms with Crippen LogP contribution in [0.25, 0.3) is 0 Å². The summed E-state index contributed by atoms with van der Waals surface area (Å²) in [5.41, 5.74) is 5.52. The minimum absolute atomic E-state index is 0.667. The Morgan fingerprint density at radius 3 is 1.81 bits per heavy atom. The highest BCUT2D eigenvalue weighted by molar-refractivity contribution is 6.88. The van der Waals surface area contributed by atoms with Crippen LogP contribution in [0.2, 0.25) is 26.5 Å². The lowest BCUT2D eigenvalue weighted by Gasteiger charge is -2.26. The summed E-state index contributed by atoms with van der Waals surface area (Å²) >= 11 is 0. The van der Waals surface area contributed by atoms with E-state index in [4.69, 9.17) is 14.5 Å². The van der Waals surface area contributed by atoms with E-state index in [-0.39, 0.29) is 0 Å². The van der Waals surface area contributed by atoms with Gasteiger partial charge in [-0.1, -0.05) is 104 Å². The lowest BCUT2D eigenvalue weighted by atomic mass is 10.0. The zero-order valence-corrected chi connectivity index (χ0v) is 22.6. The Kier molecular flexibility index (Phi) is 8.08. The first-order valence-corrected chi connectivity index (χ1v) is 15.6. The van der Waals surface area contributed by atoms with Crippen LogP contribution in [-0.2, 0) is 4.76 Å². The summed E-state index contributed by atoms with van der Waals surface area (Å²) in [7, 11) is 1.96. The summed E-state index contributed by atoms with van der Waals surface area (Å²) in [6.45, 7) is 8.91. The van der Waals surface area contributed by atoms with Crippen molar-refractivity contribution in [2.45, 2.75) is 26.5 Å². The second kappa shape index (κ2) is 11.4. The topological polar surface area (TPSA) is 34.1 Å². The number of hydrogen-bond donors (Lipinski definition) is 0. The van der Waals surface area contributed by atoms with E-state index in [0.29, 0.717) is 5.75 Å². The Morgan fingerprint density at radius 2 is 1.31 bits per heavy atom. The number of methoxy groups -OCH3 is 1. The maximum Gasteiger partial charge on any atom is 0.331 e. The number of hydrogen-bond acceptors (Lipinski definition) is 4. The molecule has 0 N–H and O–H groups in total. The van der Waals surface area contributed by atoms with E-state index >= 15 is 0 Å². The lowest BCUT2D eigenvalue weighted by molar-refractivity contribution is 0.345. The molecule has 4 rings (SSSR count). The maximum absolute atomic E-state index is 5.93. The number of aliphatic imine (C=N–C) groups is 1. The van der Waals surface area contributed by atoms with Gasteiger partial charge in [0.1, 0.15) is 11.4 Å². The monoisotopic (exact) mass is 491 g/mol. The van der Waals surface area contributed by atoms with Gasteiger partial charge in [-0.05, 0) is 24.3 Å². The number of rotatable bonds is 9. The first-order valence-electron chi connectivity index (χ1n) is 12.1. The predicted octanol–water partition coefficient (Wildman–Crippen LogP) is 7.15. The van der Waals surface area contributed by atoms with Crippen LogP contribution in [0.4, 0.5) is 17.1 Å². The minimum atomic E-state index is -1.38. The van der Waals surface area contributed by atoms with Crippen LogP contribution in [0.15, 0.2) is 108 Å². The molecule has 0 aliphatic heterocycles. The highest BCUT2D eigenvalue weighted by Gasteiger charge is 2.18. The fraction of sp³-hybridized carbons (Fsp3) is 0.167. The summed E-state index contributed by atoms with van der Waals surface area (Å²) in [5, 5.41) is 3.21. The van der Waals surface area contributed by atoms with Crippen LogP contribution in [0.1, 0.15) is 11.1 Å². The molecule has 0 aromatic heterocycles. The lowest BCUT2D eigenvalue weighted by Crippen LogP contribution is -2.37. The Hall–Kier alpha value is -3.61. The SMILES string of the molecule is C[B]ON(c1ccc([Si](C)(C)C)cc1)c1ccc(N=C(c2ccccc2)c2ccccc2)c(OC)c1. The molecule has 4 nitrogen and oxygen atoms in total. The molecule has 36 heavy (non-hydrogen) atoms. The van der Waals surface area contributed by atoms with Crippen molar-refractivity contribution in [1.29, 1.82) is 0 Å². The smallest absolute Gasteiger partial charge is 0.331 e. The molecule has 0 atom stereocenters. The first kappa shape index (κ1) is 25.5. The fourth-order valence-electron chi connectivity index (χ4n) is 3.97. The highest BCUT2D eigenvalue weighted by atomic mass is 28.3. The highest BCUT2D eigenvalue weighted by Crippen LogP contribution is 2.36. The molecule has 0 unspecified atom stereocenters. The molecular formula is C30H32BN2O2Si. The molecule has 0 saturated carbocycles. The molecule has 0 saturated heterocycles. The molecule has 4 aromatic carbocycles. The van der Waals surface area contributed by atoms with Gasteiger partial charge in [0, 0.05) is 17.2 Å². The zero-order valence-electron chi connectivity index (χ0n) is 21.6. The quantitative estimate of drug-likeness (QED) is 0.142. The third-order valence-corrected chi connectivity index (χ3v) is 7.97. The Bertz CT molecular complexity index is 1260. The van der Waals surface area contributed by atoms with Gasteiger partial charge in [-0.3, -0.25) is 0 Å². The molecule has 1 radical (unpaired) electrons. The van der Waals surface area contributed by atoms with Crippen LogP contribution in [0.5, 0.6) is 5.75 Å². The summed E-state index contributed by atoms with van der Waals surface area (Å²) in [6.07, 6.45) is 0. The molecule has 0 amide bonds. The van der Waals surface area contributed by atoms with Crippen molar-refractivity contribution in [1.82, 2.24) is 0 Å². The summed E-state index contributed by atoms with van der Waals surface area (Å²) in [4.78, 5) is 5.06. The van der Waals surface area contributed by atoms with Gasteiger partial charge < -0.3 is 9.49 Å². The zero-order chi connectivity index (χ0) is 25.5. The average Bonchev–Trinajstić information content (AvgIpc) is 2.91. The molecule has 181 valence electrons. The molecule has 4 aromatic rings. The Labute approximate surface area is 216 Å². The van der Waals surface area contributed by atoms with Crippen LogP contribution in [-0.4, -0.2) is 28.4 Å². The van der Waals surface area contributed by atoms with E-state index in [9.17, 15) is 0 Å². The number of benzene rings is 4. The summed E-state index contributed by atoms with van der Waals surface area (Å²) in [5.74, 6) is 0.667. The van der Waals surface area contributed by atoms with E-state index in [1.165, 1.54) is 5.19 Å². The van der Waals surface area contributed by atoms with Crippen molar-refractivity contribution in [3.63, 3.8) is 0 Å². The van der Waals surface area contributed by atoms with E-state index in [1.54, 1.807) is 19.7 Å². The third kappa shape index (κ3) is 5.96. The molecular weight excluding hydrogens is 459 g/mol. The summed E-state index contributed by atoms with van der Waals surface area (Å²) in [6, 6.07) is 35.0. The van der Waals surface area contributed by atoms with Gasteiger partial charge >= 0.3 is 7.48 Å². The van der Waals surface area contributed by atoms with Crippen LogP contribution >= 0.6 is 0 Å². The van der Waals surface area contributed by atoms with E-state index in [1.807, 2.05) is 61.4 Å². The number of ether oxygens (including phenoxy) is 1. The van der Waals surface area contributed by atoms with Crippen LogP contribution in [0.3, 0.4) is 0 Å². The van der Waals surface area contributed by atoms with Crippen molar-refractivity contribution >= 4 is 43.5 Å². The van der Waals surface area contributed by atoms with Gasteiger partial charge in [0.2, 0.25) is 0 Å². The van der Waals surface area contributed by atoms with Gasteiger partial charge in [-0.2, -0.15) is 0 Å². The Balaban J connectivity index is 1.75. The maximum atomic E-state index is 5.93. The van der Waals surface area contributed by atoms with Gasteiger partial charge in [-0.25, -0.2) is 10.1 Å². The second-order valence-electron chi connectivity index (χ2n) is 9.48. The van der Waals surface area contributed by atoms with Crippen molar-refractivity contribution in [3.05, 3.63) is 114 Å². The number of nitrogens with zero attached hydrogens (tertiary/aromatic N) is 2. The number of anilines is 2. The van der Waals surface area contributed by atoms with Gasteiger partial charge in [-0.15, -0.1) is 0 Å². The van der Waals surface area contributed by atoms with E-state index < -0.39 is 8.07 Å². The molecule has 0 spiro atoms. The van der Waals surface area contributed by atoms with Gasteiger partial charge in [0.25, 0.3) is 0 Å². The molecule has 0 bridgehead atoms. The molecule has 0 fully saturated rings. The van der Waals surface area contributed by atoms with Crippen LogP contribution in [0, 0.1) is 0 Å². The predicted molar refractivity (Wildman–Crippen MR) is 155 cm³/mol. The summed E-state index contributed by atoms with van der Waals surface area (Å²) < 4.78 is 11.7. The van der Waals surface area contributed by atoms with Gasteiger partial charge in [0.15, 0.2) is 0 Å². The molecule has 0 aliphatic rings. The van der Waals surface area contributed by atoms with E-state index in [2.05, 4.69) is 68.2 Å². The molecule has 0 aliphatic carbocycles. The molecule has 6 heteroatoms. The Morgan fingerprint density at radius 1 is 0.750 bits per heavy atom. The normalized spacial score (nSPS) is 11.0. The van der Waals surface area contributed by atoms with Gasteiger partial charge in [0.05, 0.1) is 32.3 Å². The second-order valence-corrected chi connectivity index (χ2v) is 14.6. The van der Waals surface area contributed by atoms with Crippen LogP contribution < -0.4 is 15.0 Å². The van der Waals surface area contributed by atoms with Crippen molar-refractivity contribution in [3.8, 4) is 5.75 Å². The third-order valence-electron chi connectivity index (χ3n) is 5.90. The molecule has 0 heterocycles. The fourth-order valence-corrected chi connectivity index (χ4v) is 5.13. The van der Waals surface area contributed by atoms with Crippen molar-refractivity contribution in [2.75, 3.05) is 12.2 Å². The standard InChI is InChI=1S/C30H32BN2O2Si/c1-31-35-33(25-16-19-27(20-17-25)36(3,4)5)26-18-21-28(29(22-26)34-2)32-30(23-12-8-6-9-13-23)24-14-10-7-11-15-24/h6-22H,1-5H3.